The molecule has 0 fully saturated rings. The molecule has 2 nitrogen and oxygen atoms in total. The Balaban J connectivity index is 2.81. The van der Waals surface area contributed by atoms with Gasteiger partial charge in [0.25, 0.3) is 5.91 Å². The van der Waals surface area contributed by atoms with E-state index in [0.29, 0.717) is 4.88 Å². The Bertz CT molecular complexity index is 405. The second-order valence-electron chi connectivity index (χ2n) is 3.65. The second-order valence-corrected chi connectivity index (χ2v) is 5.20. The molecular weight excluding hydrogens is 287 g/mol. The lowest BCUT2D eigenvalue weighted by molar-refractivity contribution is -0.140. The van der Waals surface area contributed by atoms with E-state index < -0.39 is 18.6 Å². The average molecular weight is 300 g/mol. The van der Waals surface area contributed by atoms with Crippen LogP contribution in [0.2, 0.25) is 0 Å². The SMILES string of the molecule is CCc1ccc(C(=O)N(CCCl)CC(F)(F)F)s1. The Morgan fingerprint density at radius 3 is 2.56 bits per heavy atom. The molecule has 0 N–H and O–H groups in total. The van der Waals surface area contributed by atoms with Crippen molar-refractivity contribution < 1.29 is 18.0 Å². The van der Waals surface area contributed by atoms with Gasteiger partial charge in [0, 0.05) is 17.3 Å². The fraction of sp³-hybridized carbons (Fsp3) is 0.545. The fourth-order valence-electron chi connectivity index (χ4n) is 1.41. The van der Waals surface area contributed by atoms with E-state index in [1.807, 2.05) is 6.92 Å². The van der Waals surface area contributed by atoms with E-state index in [2.05, 4.69) is 0 Å². The zero-order chi connectivity index (χ0) is 13.8. The molecule has 0 atom stereocenters. The van der Waals surface area contributed by atoms with Gasteiger partial charge in [0.05, 0.1) is 4.88 Å². The van der Waals surface area contributed by atoms with E-state index in [-0.39, 0.29) is 12.4 Å². The highest BCUT2D eigenvalue weighted by Gasteiger charge is 2.33. The molecule has 0 aliphatic carbocycles. The van der Waals surface area contributed by atoms with Crippen molar-refractivity contribution in [2.24, 2.45) is 0 Å². The van der Waals surface area contributed by atoms with Gasteiger partial charge < -0.3 is 4.90 Å². The highest BCUT2D eigenvalue weighted by molar-refractivity contribution is 7.14. The number of nitrogens with zero attached hydrogens (tertiary/aromatic N) is 1. The number of aryl methyl sites for hydroxylation is 1. The van der Waals surface area contributed by atoms with Crippen LogP contribution in [0.5, 0.6) is 0 Å². The van der Waals surface area contributed by atoms with Crippen LogP contribution in [0.25, 0.3) is 0 Å². The molecule has 1 heterocycles. The first-order valence-electron chi connectivity index (χ1n) is 5.38. The summed E-state index contributed by atoms with van der Waals surface area (Å²) < 4.78 is 37.0. The van der Waals surface area contributed by atoms with Crippen LogP contribution in [-0.4, -0.2) is 36.0 Å². The number of carbonyl (C=O) groups is 1. The minimum atomic E-state index is -4.41. The van der Waals surface area contributed by atoms with E-state index in [9.17, 15) is 18.0 Å². The van der Waals surface area contributed by atoms with Gasteiger partial charge in [-0.15, -0.1) is 22.9 Å². The van der Waals surface area contributed by atoms with Gasteiger partial charge in [0.1, 0.15) is 6.54 Å². The molecule has 102 valence electrons. The Kier molecular flexibility index (Phi) is 5.47. The minimum absolute atomic E-state index is 0.0200. The quantitative estimate of drug-likeness (QED) is 0.761. The van der Waals surface area contributed by atoms with Crippen molar-refractivity contribution in [3.05, 3.63) is 21.9 Å². The third-order valence-corrected chi connectivity index (χ3v) is 3.62. The van der Waals surface area contributed by atoms with Crippen LogP contribution in [0.1, 0.15) is 21.5 Å². The van der Waals surface area contributed by atoms with Gasteiger partial charge in [0.15, 0.2) is 0 Å². The molecule has 0 bridgehead atoms. The Morgan fingerprint density at radius 1 is 1.44 bits per heavy atom. The maximum absolute atomic E-state index is 12.3. The molecule has 0 unspecified atom stereocenters. The van der Waals surface area contributed by atoms with Crippen molar-refractivity contribution in [3.63, 3.8) is 0 Å². The molecule has 0 aliphatic rings. The van der Waals surface area contributed by atoms with Crippen molar-refractivity contribution in [2.45, 2.75) is 19.5 Å². The van der Waals surface area contributed by atoms with Gasteiger partial charge in [-0.25, -0.2) is 0 Å². The highest BCUT2D eigenvalue weighted by Crippen LogP contribution is 2.22. The molecule has 0 saturated heterocycles. The van der Waals surface area contributed by atoms with Crippen LogP contribution < -0.4 is 0 Å². The number of carbonyl (C=O) groups excluding carboxylic acids is 1. The average Bonchev–Trinajstić information content (AvgIpc) is 2.74. The zero-order valence-electron chi connectivity index (χ0n) is 9.76. The highest BCUT2D eigenvalue weighted by atomic mass is 35.5. The van der Waals surface area contributed by atoms with Crippen LogP contribution in [0.4, 0.5) is 13.2 Å². The molecular formula is C11H13ClF3NOS. The summed E-state index contributed by atoms with van der Waals surface area (Å²) in [6.07, 6.45) is -3.65. The number of alkyl halides is 4. The molecule has 1 aromatic heterocycles. The van der Waals surface area contributed by atoms with Crippen molar-refractivity contribution in [3.8, 4) is 0 Å². The molecule has 0 aliphatic heterocycles. The lowest BCUT2D eigenvalue weighted by Gasteiger charge is -2.22. The molecule has 18 heavy (non-hydrogen) atoms. The number of hydrogen-bond donors (Lipinski definition) is 0. The van der Waals surface area contributed by atoms with Crippen molar-refractivity contribution >= 4 is 28.8 Å². The molecule has 0 saturated carbocycles. The summed E-state index contributed by atoms with van der Waals surface area (Å²) in [4.78, 5) is 13.9. The lowest BCUT2D eigenvalue weighted by Crippen LogP contribution is -2.39. The van der Waals surface area contributed by atoms with E-state index >= 15 is 0 Å². The molecule has 1 rings (SSSR count). The topological polar surface area (TPSA) is 20.3 Å². The fourth-order valence-corrected chi connectivity index (χ4v) is 2.53. The van der Waals surface area contributed by atoms with Gasteiger partial charge in [-0.2, -0.15) is 13.2 Å². The summed E-state index contributed by atoms with van der Waals surface area (Å²) in [5.41, 5.74) is 0. The number of thiophene rings is 1. The van der Waals surface area contributed by atoms with E-state index in [1.165, 1.54) is 11.3 Å². The lowest BCUT2D eigenvalue weighted by atomic mass is 10.3. The Morgan fingerprint density at radius 2 is 2.11 bits per heavy atom. The van der Waals surface area contributed by atoms with Crippen LogP contribution in [0, 0.1) is 0 Å². The third kappa shape index (κ3) is 4.49. The second kappa shape index (κ2) is 6.43. The maximum Gasteiger partial charge on any atom is 0.406 e. The molecule has 0 spiro atoms. The first kappa shape index (κ1) is 15.3. The maximum atomic E-state index is 12.3. The van der Waals surface area contributed by atoms with Crippen molar-refractivity contribution in [1.29, 1.82) is 0 Å². The van der Waals surface area contributed by atoms with Crippen molar-refractivity contribution in [2.75, 3.05) is 19.0 Å². The zero-order valence-corrected chi connectivity index (χ0v) is 11.3. The van der Waals surface area contributed by atoms with Gasteiger partial charge >= 0.3 is 6.18 Å². The Labute approximate surface area is 112 Å². The first-order chi connectivity index (χ1) is 8.37. The molecule has 0 aromatic carbocycles. The van der Waals surface area contributed by atoms with Gasteiger partial charge in [-0.05, 0) is 18.6 Å². The summed E-state index contributed by atoms with van der Waals surface area (Å²) >= 11 is 6.65. The third-order valence-electron chi connectivity index (χ3n) is 2.23. The van der Waals surface area contributed by atoms with Gasteiger partial charge in [-0.3, -0.25) is 4.79 Å². The standard InChI is InChI=1S/C11H13ClF3NOS/c1-2-8-3-4-9(18-8)10(17)16(6-5-12)7-11(13,14)15/h3-4H,2,5-7H2,1H3. The Hall–Kier alpha value is -0.750. The van der Waals surface area contributed by atoms with Crippen LogP contribution in [0.3, 0.4) is 0 Å². The number of rotatable bonds is 5. The predicted octanol–water partition coefficient (Wildman–Crippen LogP) is 3.55. The van der Waals surface area contributed by atoms with Crippen LogP contribution in [0.15, 0.2) is 12.1 Å². The molecule has 1 aromatic rings. The van der Waals surface area contributed by atoms with E-state index in [4.69, 9.17) is 11.6 Å². The number of amides is 1. The molecule has 7 heteroatoms. The summed E-state index contributed by atoms with van der Waals surface area (Å²) in [6.45, 7) is 0.545. The summed E-state index contributed by atoms with van der Waals surface area (Å²) in [5, 5.41) is 0. The summed E-state index contributed by atoms with van der Waals surface area (Å²) in [5.74, 6) is -0.633. The van der Waals surface area contributed by atoms with Gasteiger partial charge in [0.2, 0.25) is 0 Å². The predicted molar refractivity (Wildman–Crippen MR) is 66.4 cm³/mol. The monoisotopic (exact) mass is 299 g/mol. The first-order valence-corrected chi connectivity index (χ1v) is 6.73. The number of halogens is 4. The van der Waals surface area contributed by atoms with Crippen LogP contribution >= 0.6 is 22.9 Å². The van der Waals surface area contributed by atoms with Gasteiger partial charge in [-0.1, -0.05) is 6.92 Å². The summed E-state index contributed by atoms with van der Waals surface area (Å²) in [6, 6.07) is 3.31. The smallest absolute Gasteiger partial charge is 0.328 e. The minimum Gasteiger partial charge on any atom is -0.328 e. The van der Waals surface area contributed by atoms with Crippen molar-refractivity contribution in [1.82, 2.24) is 4.90 Å². The van der Waals surface area contributed by atoms with Crippen LogP contribution in [-0.2, 0) is 6.42 Å². The number of hydrogen-bond acceptors (Lipinski definition) is 2. The largest absolute Gasteiger partial charge is 0.406 e. The molecule has 1 amide bonds. The van der Waals surface area contributed by atoms with E-state index in [0.717, 1.165) is 16.2 Å². The normalized spacial score (nSPS) is 11.6. The van der Waals surface area contributed by atoms with E-state index in [1.54, 1.807) is 12.1 Å². The summed E-state index contributed by atoms with van der Waals surface area (Å²) in [7, 11) is 0. The molecule has 0 radical (unpaired) electrons.